The molecule has 4 aromatic rings. The van der Waals surface area contributed by atoms with E-state index in [9.17, 15) is 9.59 Å². The second-order valence-corrected chi connectivity index (χ2v) is 10.2. The molecule has 2 aromatic carbocycles. The Morgan fingerprint density at radius 3 is 2.29 bits per heavy atom. The van der Waals surface area contributed by atoms with Gasteiger partial charge in [-0.15, -0.1) is 21.5 Å². The van der Waals surface area contributed by atoms with Crippen molar-refractivity contribution < 1.29 is 9.59 Å². The fourth-order valence-corrected chi connectivity index (χ4v) is 5.28. The van der Waals surface area contributed by atoms with Gasteiger partial charge in [0, 0.05) is 29.6 Å². The number of nitrogens with one attached hydrogen (secondary N) is 1. The summed E-state index contributed by atoms with van der Waals surface area (Å²) in [6.07, 6.45) is 0.715. The molecule has 0 aliphatic rings. The van der Waals surface area contributed by atoms with Crippen molar-refractivity contribution >= 4 is 34.8 Å². The Labute approximate surface area is 207 Å². The molecular formula is C26H26N4O2S2. The van der Waals surface area contributed by atoms with Gasteiger partial charge in [0.25, 0.3) is 0 Å². The van der Waals surface area contributed by atoms with Crippen LogP contribution in [0.3, 0.4) is 0 Å². The number of thioether (sulfide) groups is 1. The monoisotopic (exact) mass is 490 g/mol. The fourth-order valence-electron chi connectivity index (χ4n) is 3.40. The second-order valence-electron chi connectivity index (χ2n) is 8.05. The van der Waals surface area contributed by atoms with Gasteiger partial charge < -0.3 is 5.32 Å². The number of benzene rings is 2. The van der Waals surface area contributed by atoms with Crippen LogP contribution in [0.4, 0.5) is 0 Å². The Hall–Kier alpha value is -3.23. The molecule has 0 unspecified atom stereocenters. The summed E-state index contributed by atoms with van der Waals surface area (Å²) in [5, 5.41) is 12.4. The molecule has 0 aliphatic carbocycles. The van der Waals surface area contributed by atoms with E-state index in [0.29, 0.717) is 23.0 Å². The number of hydrogen-bond acceptors (Lipinski definition) is 6. The Morgan fingerprint density at radius 2 is 1.62 bits per heavy atom. The van der Waals surface area contributed by atoms with Gasteiger partial charge in [-0.05, 0) is 44.5 Å². The maximum absolute atomic E-state index is 12.9. The van der Waals surface area contributed by atoms with Gasteiger partial charge in [0.05, 0.1) is 10.6 Å². The third-order valence-electron chi connectivity index (χ3n) is 5.25. The lowest BCUT2D eigenvalue weighted by Crippen LogP contribution is -2.22. The summed E-state index contributed by atoms with van der Waals surface area (Å²) >= 11 is 2.86. The summed E-state index contributed by atoms with van der Waals surface area (Å²) in [6, 6.07) is 20.2. The van der Waals surface area contributed by atoms with E-state index in [1.165, 1.54) is 41.1 Å². The largest absolute Gasteiger partial charge is 0.356 e. The number of aromatic nitrogens is 3. The second kappa shape index (κ2) is 10.8. The highest BCUT2D eigenvalue weighted by atomic mass is 32.2. The highest BCUT2D eigenvalue weighted by Crippen LogP contribution is 2.29. The molecule has 0 spiro atoms. The summed E-state index contributed by atoms with van der Waals surface area (Å²) in [6.45, 7) is 6.17. The summed E-state index contributed by atoms with van der Waals surface area (Å²) < 4.78 is 2.01. The molecule has 2 heterocycles. The van der Waals surface area contributed by atoms with E-state index in [4.69, 9.17) is 0 Å². The minimum absolute atomic E-state index is 0.0491. The van der Waals surface area contributed by atoms with Gasteiger partial charge in [-0.25, -0.2) is 0 Å². The predicted molar refractivity (Wildman–Crippen MR) is 138 cm³/mol. The van der Waals surface area contributed by atoms with Gasteiger partial charge in [-0.2, -0.15) is 0 Å². The molecular weight excluding hydrogens is 464 g/mol. The van der Waals surface area contributed by atoms with Gasteiger partial charge in [0.15, 0.2) is 16.8 Å². The lowest BCUT2D eigenvalue weighted by molar-refractivity contribution is -0.118. The normalized spacial score (nSPS) is 10.9. The van der Waals surface area contributed by atoms with Crippen LogP contribution >= 0.6 is 23.1 Å². The van der Waals surface area contributed by atoms with Crippen molar-refractivity contribution in [3.8, 4) is 17.1 Å². The van der Waals surface area contributed by atoms with Crippen molar-refractivity contribution in [2.45, 2.75) is 32.3 Å². The quantitative estimate of drug-likeness (QED) is 0.256. The Morgan fingerprint density at radius 1 is 0.941 bits per heavy atom. The third-order valence-corrected chi connectivity index (χ3v) is 7.36. The van der Waals surface area contributed by atoms with Gasteiger partial charge >= 0.3 is 0 Å². The van der Waals surface area contributed by atoms with Crippen LogP contribution in [0.1, 0.15) is 32.6 Å². The highest BCUT2D eigenvalue weighted by molar-refractivity contribution is 7.99. The maximum Gasteiger partial charge on any atom is 0.216 e. The van der Waals surface area contributed by atoms with Crippen molar-refractivity contribution in [1.82, 2.24) is 20.1 Å². The van der Waals surface area contributed by atoms with Crippen LogP contribution in [-0.2, 0) is 11.2 Å². The number of rotatable bonds is 9. The Balaban J connectivity index is 1.53. The van der Waals surface area contributed by atoms with Crippen LogP contribution in [0.15, 0.2) is 65.8 Å². The van der Waals surface area contributed by atoms with Crippen LogP contribution < -0.4 is 5.32 Å². The third kappa shape index (κ3) is 5.81. The number of Topliss-reactive ketones (excluding diaryl/α,β-unsaturated/α-hetero) is 1. The van der Waals surface area contributed by atoms with E-state index in [0.717, 1.165) is 22.0 Å². The average molecular weight is 491 g/mol. The van der Waals surface area contributed by atoms with Gasteiger partial charge in [-0.1, -0.05) is 59.3 Å². The number of carbonyl (C=O) groups is 2. The van der Waals surface area contributed by atoms with Crippen molar-refractivity contribution in [3.05, 3.63) is 81.5 Å². The van der Waals surface area contributed by atoms with E-state index in [1.807, 2.05) is 41.0 Å². The first-order valence-electron chi connectivity index (χ1n) is 11.0. The van der Waals surface area contributed by atoms with Crippen LogP contribution in [0, 0.1) is 13.8 Å². The van der Waals surface area contributed by atoms with Gasteiger partial charge in [-0.3, -0.25) is 14.2 Å². The minimum atomic E-state index is -0.0491. The molecule has 4 rings (SSSR count). The highest BCUT2D eigenvalue weighted by Gasteiger charge is 2.18. The molecule has 0 aliphatic heterocycles. The molecule has 0 bridgehead atoms. The van der Waals surface area contributed by atoms with Gasteiger partial charge in [0.2, 0.25) is 5.91 Å². The first-order chi connectivity index (χ1) is 16.4. The number of nitrogens with zero attached hydrogens (tertiary/aromatic N) is 3. The summed E-state index contributed by atoms with van der Waals surface area (Å²) in [5.41, 5.74) is 4.28. The predicted octanol–water partition coefficient (Wildman–Crippen LogP) is 5.27. The van der Waals surface area contributed by atoms with Gasteiger partial charge in [0.1, 0.15) is 0 Å². The first-order valence-corrected chi connectivity index (χ1v) is 12.8. The molecule has 0 saturated heterocycles. The number of ketones is 1. The molecule has 6 nitrogen and oxygen atoms in total. The first kappa shape index (κ1) is 23.9. The maximum atomic E-state index is 12.9. The number of thiophene rings is 1. The van der Waals surface area contributed by atoms with Crippen molar-refractivity contribution in [2.24, 2.45) is 0 Å². The minimum Gasteiger partial charge on any atom is -0.356 e. The Kier molecular flexibility index (Phi) is 7.59. The number of carbonyl (C=O) groups excluding carboxylic acids is 2. The zero-order valence-electron chi connectivity index (χ0n) is 19.4. The molecule has 174 valence electrons. The molecule has 0 saturated carbocycles. The summed E-state index contributed by atoms with van der Waals surface area (Å²) in [4.78, 5) is 25.7. The molecule has 0 fully saturated rings. The summed E-state index contributed by atoms with van der Waals surface area (Å²) in [5.74, 6) is 1.02. The number of aryl methyl sites for hydroxylation is 2. The molecule has 1 amide bonds. The van der Waals surface area contributed by atoms with Crippen LogP contribution in [0.25, 0.3) is 17.1 Å². The number of amides is 1. The molecule has 34 heavy (non-hydrogen) atoms. The smallest absolute Gasteiger partial charge is 0.216 e. The zero-order valence-corrected chi connectivity index (χ0v) is 21.0. The molecule has 1 N–H and O–H groups in total. The van der Waals surface area contributed by atoms with E-state index in [-0.39, 0.29) is 17.4 Å². The topological polar surface area (TPSA) is 76.9 Å². The fraction of sp³-hybridized carbons (Fsp3) is 0.231. The van der Waals surface area contributed by atoms with E-state index in [1.54, 1.807) is 0 Å². The van der Waals surface area contributed by atoms with Crippen LogP contribution in [0.2, 0.25) is 0 Å². The van der Waals surface area contributed by atoms with Crippen molar-refractivity contribution in [1.29, 1.82) is 0 Å². The number of hydrogen-bond donors (Lipinski definition) is 1. The molecule has 0 radical (unpaired) electrons. The summed E-state index contributed by atoms with van der Waals surface area (Å²) in [7, 11) is 0. The van der Waals surface area contributed by atoms with E-state index >= 15 is 0 Å². The molecule has 2 aromatic heterocycles. The zero-order chi connectivity index (χ0) is 24.1. The van der Waals surface area contributed by atoms with E-state index < -0.39 is 0 Å². The average Bonchev–Trinajstić information content (AvgIpc) is 3.46. The SMILES string of the molecule is CC(=O)NCCc1ccc(C(=O)CSc2nnc(-c3ccc(C)cc3)n2-c2ccc(C)cc2)s1. The standard InChI is InChI=1S/C26H26N4O2S2/c1-17-4-8-20(9-5-17)25-28-29-26(30(25)21-10-6-18(2)7-11-21)33-16-23(32)24-13-12-22(34-24)14-15-27-19(3)31/h4-13H,14-16H2,1-3H3,(H,27,31). The van der Waals surface area contributed by atoms with Crippen molar-refractivity contribution in [3.63, 3.8) is 0 Å². The molecule has 8 heteroatoms. The van der Waals surface area contributed by atoms with Crippen LogP contribution in [0.5, 0.6) is 0 Å². The Bertz CT molecular complexity index is 1290. The van der Waals surface area contributed by atoms with Crippen molar-refractivity contribution in [2.75, 3.05) is 12.3 Å². The molecule has 0 atom stereocenters. The van der Waals surface area contributed by atoms with Crippen LogP contribution in [-0.4, -0.2) is 38.8 Å². The lowest BCUT2D eigenvalue weighted by atomic mass is 10.1. The van der Waals surface area contributed by atoms with E-state index in [2.05, 4.69) is 53.6 Å². The lowest BCUT2D eigenvalue weighted by Gasteiger charge is -2.11.